The number of hydrogen-bond donors (Lipinski definition) is 0. The van der Waals surface area contributed by atoms with E-state index >= 15 is 0 Å². The molecule has 0 aromatic carbocycles. The van der Waals surface area contributed by atoms with Crippen LogP contribution < -0.4 is 0 Å². The zero-order valence-corrected chi connectivity index (χ0v) is 16.4. The van der Waals surface area contributed by atoms with Crippen LogP contribution in [0.5, 0.6) is 0 Å². The topological polar surface area (TPSA) is 47.1 Å². The van der Waals surface area contributed by atoms with Gasteiger partial charge >= 0.3 is 0 Å². The molecule has 5 nitrogen and oxygen atoms in total. The van der Waals surface area contributed by atoms with Crippen LogP contribution >= 0.6 is 23.7 Å². The Bertz CT molecular complexity index is 643. The molecule has 1 saturated heterocycles. The number of imidazole rings is 1. The van der Waals surface area contributed by atoms with E-state index < -0.39 is 0 Å². The summed E-state index contributed by atoms with van der Waals surface area (Å²) in [4.78, 5) is 8.60. The quantitative estimate of drug-likeness (QED) is 0.702. The minimum atomic E-state index is 0. The number of oxazole rings is 1. The molecular formula is C18H30N4OS2. The van der Waals surface area contributed by atoms with Crippen LogP contribution in [0.2, 0.25) is 0 Å². The van der Waals surface area contributed by atoms with Crippen LogP contribution in [0.15, 0.2) is 33.3 Å². The van der Waals surface area contributed by atoms with Crippen molar-refractivity contribution >= 4 is 23.7 Å². The largest absolute Gasteiger partial charge is 0.433 e. The van der Waals surface area contributed by atoms with Crippen molar-refractivity contribution < 1.29 is 4.42 Å². The number of aromatic nitrogens is 3. The van der Waals surface area contributed by atoms with Gasteiger partial charge < -0.3 is 8.98 Å². The molecule has 2 fully saturated rings. The molecule has 3 atom stereocenters. The lowest BCUT2D eigenvalue weighted by molar-refractivity contribution is 0.429. The van der Waals surface area contributed by atoms with Gasteiger partial charge in [-0.05, 0) is 36.6 Å². The van der Waals surface area contributed by atoms with Crippen molar-refractivity contribution in [2.45, 2.75) is 56.5 Å². The van der Waals surface area contributed by atoms with E-state index in [1.165, 1.54) is 12.8 Å². The van der Waals surface area contributed by atoms with Gasteiger partial charge in [0.25, 0.3) is 0 Å². The molecule has 4 rings (SSSR count). The molecule has 2 aromatic rings. The van der Waals surface area contributed by atoms with Gasteiger partial charge in [0.15, 0.2) is 16.1 Å². The average molecular weight is 383 g/mol. The third-order valence-electron chi connectivity index (χ3n) is 4.54. The maximum Gasteiger partial charge on any atom is 0.195 e. The SMILES string of the molecule is C.CC.Cc1ncc(SN2CC3CC(Sc4nccn4C)C[C@H]3C2)o1. The van der Waals surface area contributed by atoms with E-state index in [1.54, 1.807) is 11.9 Å². The number of hydrogen-bond acceptors (Lipinski definition) is 6. The third-order valence-corrected chi connectivity index (χ3v) is 6.79. The Morgan fingerprint density at radius 2 is 1.84 bits per heavy atom. The number of fused-ring (bicyclic) bond motifs is 1. The molecule has 0 radical (unpaired) electrons. The summed E-state index contributed by atoms with van der Waals surface area (Å²) in [6.45, 7) is 8.21. The summed E-state index contributed by atoms with van der Waals surface area (Å²) in [6.07, 6.45) is 8.34. The minimum absolute atomic E-state index is 0. The molecule has 3 heterocycles. The van der Waals surface area contributed by atoms with Crippen molar-refractivity contribution in [1.82, 2.24) is 18.8 Å². The van der Waals surface area contributed by atoms with Crippen LogP contribution in [0.25, 0.3) is 0 Å². The van der Waals surface area contributed by atoms with Gasteiger partial charge in [0.1, 0.15) is 0 Å². The monoisotopic (exact) mass is 382 g/mol. The maximum absolute atomic E-state index is 5.57. The molecule has 7 heteroatoms. The van der Waals surface area contributed by atoms with Gasteiger partial charge in [-0.25, -0.2) is 14.3 Å². The Hall–Kier alpha value is -0.920. The Morgan fingerprint density at radius 3 is 2.36 bits per heavy atom. The van der Waals surface area contributed by atoms with Crippen molar-refractivity contribution in [2.75, 3.05) is 13.1 Å². The highest BCUT2D eigenvalue weighted by molar-refractivity contribution is 7.99. The first-order valence-corrected chi connectivity index (χ1v) is 10.3. The highest BCUT2D eigenvalue weighted by atomic mass is 32.2. The van der Waals surface area contributed by atoms with Gasteiger partial charge in [-0.2, -0.15) is 0 Å². The first kappa shape index (κ1) is 20.4. The summed E-state index contributed by atoms with van der Waals surface area (Å²) in [5.74, 6) is 2.37. The standard InChI is InChI=1S/C15H20N4OS2.C2H6.CH4/c1-10-17-7-14(20-10)22-19-8-11-5-13(6-12(11)9-19)21-15-16-3-4-18(15)2;1-2;/h3-4,7,11-13H,5-6,8-9H2,1-2H3;1-2H3;1H4/t11-,12?,13?;;/m0../s1. The van der Waals surface area contributed by atoms with Gasteiger partial charge in [-0.3, -0.25) is 0 Å². The Balaban J connectivity index is 0.000000726. The average Bonchev–Trinajstić information content (AvgIpc) is 3.30. The fraction of sp³-hybridized carbons (Fsp3) is 0.667. The lowest BCUT2D eigenvalue weighted by atomic mass is 10.0. The van der Waals surface area contributed by atoms with Crippen LogP contribution in [-0.4, -0.2) is 37.2 Å². The van der Waals surface area contributed by atoms with Crippen LogP contribution in [0.3, 0.4) is 0 Å². The first-order valence-electron chi connectivity index (χ1n) is 8.66. The summed E-state index contributed by atoms with van der Waals surface area (Å²) in [5.41, 5.74) is 0. The van der Waals surface area contributed by atoms with Gasteiger partial charge in [-0.1, -0.05) is 33.0 Å². The molecule has 1 aliphatic carbocycles. The predicted molar refractivity (Wildman–Crippen MR) is 106 cm³/mol. The smallest absolute Gasteiger partial charge is 0.195 e. The maximum atomic E-state index is 5.57. The van der Waals surface area contributed by atoms with E-state index in [-0.39, 0.29) is 7.43 Å². The van der Waals surface area contributed by atoms with Crippen molar-refractivity contribution in [3.8, 4) is 0 Å². The summed E-state index contributed by atoms with van der Waals surface area (Å²) in [7, 11) is 2.07. The van der Waals surface area contributed by atoms with Crippen LogP contribution in [-0.2, 0) is 7.05 Å². The van der Waals surface area contributed by atoms with Gasteiger partial charge in [-0.15, -0.1) is 0 Å². The lowest BCUT2D eigenvalue weighted by Gasteiger charge is -2.16. The summed E-state index contributed by atoms with van der Waals surface area (Å²) in [6, 6.07) is 0. The molecule has 0 spiro atoms. The van der Waals surface area contributed by atoms with Crippen molar-refractivity contribution in [2.24, 2.45) is 18.9 Å². The van der Waals surface area contributed by atoms with Crippen LogP contribution in [0.4, 0.5) is 0 Å². The molecule has 2 aromatic heterocycles. The van der Waals surface area contributed by atoms with Gasteiger partial charge in [0.2, 0.25) is 0 Å². The Labute approximate surface area is 160 Å². The van der Waals surface area contributed by atoms with Crippen molar-refractivity contribution in [1.29, 1.82) is 0 Å². The first-order chi connectivity index (χ1) is 11.7. The molecule has 0 amide bonds. The third kappa shape index (κ3) is 4.83. The second-order valence-corrected chi connectivity index (χ2v) is 8.56. The zero-order valence-electron chi connectivity index (χ0n) is 14.8. The van der Waals surface area contributed by atoms with Gasteiger partial charge in [0.05, 0.1) is 6.20 Å². The van der Waals surface area contributed by atoms with E-state index in [2.05, 4.69) is 25.9 Å². The van der Waals surface area contributed by atoms with Crippen LogP contribution in [0, 0.1) is 18.8 Å². The second kappa shape index (κ2) is 9.14. The highest BCUT2D eigenvalue weighted by Crippen LogP contribution is 2.46. The molecule has 0 N–H and O–H groups in total. The summed E-state index contributed by atoms with van der Waals surface area (Å²) >= 11 is 3.67. The molecule has 1 aliphatic heterocycles. The Kier molecular flexibility index (Phi) is 7.46. The number of nitrogens with zero attached hydrogens (tertiary/aromatic N) is 4. The fourth-order valence-corrected chi connectivity index (χ4v) is 5.88. The Morgan fingerprint density at radius 1 is 1.16 bits per heavy atom. The van der Waals surface area contributed by atoms with E-state index in [9.17, 15) is 0 Å². The van der Waals surface area contributed by atoms with E-state index in [1.807, 2.05) is 51.1 Å². The molecule has 25 heavy (non-hydrogen) atoms. The number of rotatable bonds is 4. The molecule has 1 saturated carbocycles. The van der Waals surface area contributed by atoms with E-state index in [0.717, 1.165) is 46.3 Å². The molecule has 2 aliphatic rings. The van der Waals surface area contributed by atoms with Crippen molar-refractivity contribution in [3.63, 3.8) is 0 Å². The second-order valence-electron chi connectivity index (χ2n) is 6.19. The van der Waals surface area contributed by atoms with Crippen molar-refractivity contribution in [3.05, 3.63) is 24.5 Å². The summed E-state index contributed by atoms with van der Waals surface area (Å²) in [5, 5.41) is 2.78. The minimum Gasteiger partial charge on any atom is -0.433 e. The fourth-order valence-electron chi connectivity index (χ4n) is 3.50. The number of thioether (sulfide) groups is 1. The van der Waals surface area contributed by atoms with Gasteiger partial charge in [0, 0.05) is 44.7 Å². The molecule has 0 bridgehead atoms. The van der Waals surface area contributed by atoms with E-state index in [0.29, 0.717) is 0 Å². The lowest BCUT2D eigenvalue weighted by Crippen LogP contribution is -2.15. The normalized spacial score (nSPS) is 25.2. The number of aryl methyl sites for hydroxylation is 2. The van der Waals surface area contributed by atoms with E-state index in [4.69, 9.17) is 4.42 Å². The zero-order chi connectivity index (χ0) is 17.1. The molecular weight excluding hydrogens is 352 g/mol. The predicted octanol–water partition coefficient (Wildman–Crippen LogP) is 4.89. The molecule has 140 valence electrons. The highest BCUT2D eigenvalue weighted by Gasteiger charge is 2.42. The summed E-state index contributed by atoms with van der Waals surface area (Å²) < 4.78 is 10.1. The molecule has 2 unspecified atom stereocenters. The van der Waals surface area contributed by atoms with Crippen LogP contribution in [0.1, 0.15) is 40.0 Å².